The largest absolute Gasteiger partial charge is 0.490 e. The first-order valence-electron chi connectivity index (χ1n) is 7.57. The van der Waals surface area contributed by atoms with E-state index in [1.54, 1.807) is 24.3 Å². The third-order valence-electron chi connectivity index (χ3n) is 3.45. The molecule has 0 aliphatic rings. The number of benzene rings is 2. The highest BCUT2D eigenvalue weighted by Gasteiger charge is 2.14. The normalized spacial score (nSPS) is 10.6. The molecule has 0 amide bonds. The summed E-state index contributed by atoms with van der Waals surface area (Å²) in [6, 6.07) is 9.48. The number of nitro groups is 1. The minimum absolute atomic E-state index is 0.0112. The molecule has 0 bridgehead atoms. The minimum Gasteiger partial charge on any atom is -0.490 e. The van der Waals surface area contributed by atoms with E-state index in [2.05, 4.69) is 9.97 Å². The molecule has 2 aromatic carbocycles. The van der Waals surface area contributed by atoms with Crippen LogP contribution in [0.1, 0.15) is 13.8 Å². The Balaban J connectivity index is 2.03. The molecule has 1 N–H and O–H groups in total. The highest BCUT2D eigenvalue weighted by Crippen LogP contribution is 2.33. The first kappa shape index (κ1) is 16.4. The average molecular weight is 341 g/mol. The topological polar surface area (TPSA) is 107 Å². The van der Waals surface area contributed by atoms with Crippen molar-refractivity contribution in [2.45, 2.75) is 13.8 Å². The number of hydrogen-bond acceptors (Lipinski definition) is 6. The van der Waals surface area contributed by atoms with E-state index in [9.17, 15) is 14.9 Å². The number of carbonyl (C=O) groups excluding carboxylic acids is 1. The number of aromatic nitrogens is 2. The third-order valence-corrected chi connectivity index (χ3v) is 3.45. The van der Waals surface area contributed by atoms with Crippen molar-refractivity contribution in [2.75, 3.05) is 6.61 Å². The Kier molecular flexibility index (Phi) is 4.34. The van der Waals surface area contributed by atoms with Gasteiger partial charge < -0.3 is 14.5 Å². The van der Waals surface area contributed by atoms with E-state index in [0.29, 0.717) is 40.5 Å². The van der Waals surface area contributed by atoms with E-state index in [1.165, 1.54) is 19.1 Å². The Bertz CT molecular complexity index is 964. The number of aromatic amines is 1. The van der Waals surface area contributed by atoms with Crippen molar-refractivity contribution in [1.82, 2.24) is 9.97 Å². The number of ether oxygens (including phenoxy) is 2. The summed E-state index contributed by atoms with van der Waals surface area (Å²) < 4.78 is 10.6. The van der Waals surface area contributed by atoms with Gasteiger partial charge in [0.05, 0.1) is 22.6 Å². The SMILES string of the molecule is CCOc1cc(-c2nc3ccc([N+](=O)[O-])cc3[nH]2)ccc1OC(C)=O. The lowest BCUT2D eigenvalue weighted by atomic mass is 10.2. The molecule has 3 aromatic rings. The zero-order valence-corrected chi connectivity index (χ0v) is 13.6. The van der Waals surface area contributed by atoms with E-state index in [0.717, 1.165) is 0 Å². The standard InChI is InChI=1S/C17H15N3O5/c1-3-24-16-8-11(4-7-15(16)25-10(2)21)17-18-13-6-5-12(20(22)23)9-14(13)19-17/h4-9H,3H2,1-2H3,(H,18,19). The van der Waals surface area contributed by atoms with Gasteiger partial charge in [-0.3, -0.25) is 14.9 Å². The second-order valence-electron chi connectivity index (χ2n) is 5.23. The monoisotopic (exact) mass is 341 g/mol. The molecule has 0 aliphatic heterocycles. The Hall–Kier alpha value is -3.42. The lowest BCUT2D eigenvalue weighted by Gasteiger charge is -2.10. The van der Waals surface area contributed by atoms with Crippen LogP contribution in [0.2, 0.25) is 0 Å². The highest BCUT2D eigenvalue weighted by atomic mass is 16.6. The summed E-state index contributed by atoms with van der Waals surface area (Å²) in [4.78, 5) is 29.1. The molecule has 3 rings (SSSR count). The molecule has 0 radical (unpaired) electrons. The van der Waals surface area contributed by atoms with Crippen LogP contribution in [0.25, 0.3) is 22.4 Å². The molecule has 0 fully saturated rings. The van der Waals surface area contributed by atoms with Crippen LogP contribution in [-0.2, 0) is 4.79 Å². The first-order valence-corrected chi connectivity index (χ1v) is 7.57. The number of rotatable bonds is 5. The Morgan fingerprint density at radius 2 is 2.04 bits per heavy atom. The molecule has 0 saturated heterocycles. The van der Waals surface area contributed by atoms with Gasteiger partial charge in [-0.2, -0.15) is 0 Å². The molecule has 8 nitrogen and oxygen atoms in total. The maximum Gasteiger partial charge on any atom is 0.308 e. The molecule has 0 atom stereocenters. The number of fused-ring (bicyclic) bond motifs is 1. The second kappa shape index (κ2) is 6.60. The van der Waals surface area contributed by atoms with Crippen LogP contribution < -0.4 is 9.47 Å². The van der Waals surface area contributed by atoms with Gasteiger partial charge in [-0.25, -0.2) is 4.98 Å². The quantitative estimate of drug-likeness (QED) is 0.329. The van der Waals surface area contributed by atoms with E-state index in [4.69, 9.17) is 9.47 Å². The fraction of sp³-hybridized carbons (Fsp3) is 0.176. The molecular weight excluding hydrogens is 326 g/mol. The molecule has 128 valence electrons. The molecule has 25 heavy (non-hydrogen) atoms. The lowest BCUT2D eigenvalue weighted by molar-refractivity contribution is -0.384. The number of carbonyl (C=O) groups is 1. The zero-order valence-electron chi connectivity index (χ0n) is 13.6. The van der Waals surface area contributed by atoms with Crippen molar-refractivity contribution < 1.29 is 19.2 Å². The number of esters is 1. The third kappa shape index (κ3) is 3.42. The van der Waals surface area contributed by atoms with Gasteiger partial charge in [-0.15, -0.1) is 0 Å². The molecule has 0 saturated carbocycles. The van der Waals surface area contributed by atoms with Crippen molar-refractivity contribution in [3.8, 4) is 22.9 Å². The van der Waals surface area contributed by atoms with Crippen molar-refractivity contribution in [2.24, 2.45) is 0 Å². The molecule has 0 spiro atoms. The molecular formula is C17H15N3O5. The summed E-state index contributed by atoms with van der Waals surface area (Å²) in [5, 5.41) is 10.9. The number of nitrogens with zero attached hydrogens (tertiary/aromatic N) is 2. The Morgan fingerprint density at radius 3 is 2.72 bits per heavy atom. The van der Waals surface area contributed by atoms with Gasteiger partial charge in [0.2, 0.25) is 0 Å². The second-order valence-corrected chi connectivity index (χ2v) is 5.23. The number of nitrogens with one attached hydrogen (secondary N) is 1. The van der Waals surface area contributed by atoms with Crippen LogP contribution in [0.3, 0.4) is 0 Å². The minimum atomic E-state index is -0.457. The fourth-order valence-corrected chi connectivity index (χ4v) is 2.41. The molecule has 0 aliphatic carbocycles. The van der Waals surface area contributed by atoms with Crippen LogP contribution in [0, 0.1) is 10.1 Å². The van der Waals surface area contributed by atoms with Crippen LogP contribution >= 0.6 is 0 Å². The first-order chi connectivity index (χ1) is 12.0. The maximum atomic E-state index is 11.2. The van der Waals surface area contributed by atoms with Gasteiger partial charge >= 0.3 is 5.97 Å². The summed E-state index contributed by atoms with van der Waals surface area (Å²) in [6.45, 7) is 3.55. The summed E-state index contributed by atoms with van der Waals surface area (Å²) in [5.41, 5.74) is 1.87. The number of H-pyrrole nitrogens is 1. The molecule has 1 heterocycles. The van der Waals surface area contributed by atoms with E-state index in [-0.39, 0.29) is 5.69 Å². The number of nitro benzene ring substituents is 1. The smallest absolute Gasteiger partial charge is 0.308 e. The summed E-state index contributed by atoms with van der Waals surface area (Å²) in [5.74, 6) is 0.835. The number of imidazole rings is 1. The van der Waals surface area contributed by atoms with Crippen molar-refractivity contribution >= 4 is 22.7 Å². The lowest BCUT2D eigenvalue weighted by Crippen LogP contribution is -2.04. The molecule has 1 aromatic heterocycles. The van der Waals surface area contributed by atoms with Gasteiger partial charge in [0.1, 0.15) is 5.82 Å². The van der Waals surface area contributed by atoms with Crippen molar-refractivity contribution in [3.63, 3.8) is 0 Å². The van der Waals surface area contributed by atoms with Crippen LogP contribution in [-0.4, -0.2) is 27.5 Å². The number of non-ortho nitro benzene ring substituents is 1. The van der Waals surface area contributed by atoms with E-state index in [1.807, 2.05) is 6.92 Å². The van der Waals surface area contributed by atoms with Crippen LogP contribution in [0.5, 0.6) is 11.5 Å². The summed E-state index contributed by atoms with van der Waals surface area (Å²) >= 11 is 0. The van der Waals surface area contributed by atoms with Crippen LogP contribution in [0.4, 0.5) is 5.69 Å². The van der Waals surface area contributed by atoms with Gasteiger partial charge in [0, 0.05) is 24.6 Å². The van der Waals surface area contributed by atoms with Gasteiger partial charge in [0.15, 0.2) is 11.5 Å². The molecule has 8 heteroatoms. The van der Waals surface area contributed by atoms with Gasteiger partial charge in [-0.05, 0) is 31.2 Å². The maximum absolute atomic E-state index is 11.2. The predicted octanol–water partition coefficient (Wildman–Crippen LogP) is 3.46. The fourth-order valence-electron chi connectivity index (χ4n) is 2.41. The van der Waals surface area contributed by atoms with Crippen molar-refractivity contribution in [1.29, 1.82) is 0 Å². The Labute approximate surface area is 142 Å². The average Bonchev–Trinajstić information content (AvgIpc) is 2.99. The van der Waals surface area contributed by atoms with Gasteiger partial charge in [0.25, 0.3) is 5.69 Å². The van der Waals surface area contributed by atoms with E-state index >= 15 is 0 Å². The number of hydrogen-bond donors (Lipinski definition) is 1. The zero-order chi connectivity index (χ0) is 18.0. The van der Waals surface area contributed by atoms with Crippen molar-refractivity contribution in [3.05, 3.63) is 46.5 Å². The summed E-state index contributed by atoms with van der Waals surface area (Å²) in [6.07, 6.45) is 0. The van der Waals surface area contributed by atoms with E-state index < -0.39 is 10.9 Å². The highest BCUT2D eigenvalue weighted by molar-refractivity contribution is 5.82. The predicted molar refractivity (Wildman–Crippen MR) is 90.7 cm³/mol. The Morgan fingerprint density at radius 1 is 1.24 bits per heavy atom. The molecule has 0 unspecified atom stereocenters. The van der Waals surface area contributed by atoms with Gasteiger partial charge in [-0.1, -0.05) is 0 Å². The summed E-state index contributed by atoms with van der Waals surface area (Å²) in [7, 11) is 0. The van der Waals surface area contributed by atoms with Crippen LogP contribution in [0.15, 0.2) is 36.4 Å².